The van der Waals surface area contributed by atoms with Gasteiger partial charge in [-0.2, -0.15) is 0 Å². The van der Waals surface area contributed by atoms with Gasteiger partial charge in [-0.1, -0.05) is 0 Å². The molecule has 0 saturated carbocycles. The number of thiophene rings is 1. The molecule has 1 aromatic heterocycles. The third-order valence-electron chi connectivity index (χ3n) is 2.94. The molecular formula is C12H20IN3O3S2. The second-order valence-corrected chi connectivity index (χ2v) is 8.12. The summed E-state index contributed by atoms with van der Waals surface area (Å²) in [6.45, 7) is 1.85. The van der Waals surface area contributed by atoms with E-state index in [0.29, 0.717) is 23.3 Å². The summed E-state index contributed by atoms with van der Waals surface area (Å²) in [6.07, 6.45) is 3.54. The number of guanidine groups is 1. The van der Waals surface area contributed by atoms with Gasteiger partial charge in [0.05, 0.1) is 12.6 Å². The van der Waals surface area contributed by atoms with E-state index in [1.807, 2.05) is 0 Å². The lowest BCUT2D eigenvalue weighted by Gasteiger charge is -2.10. The van der Waals surface area contributed by atoms with E-state index in [9.17, 15) is 8.42 Å². The van der Waals surface area contributed by atoms with Gasteiger partial charge in [0.2, 0.25) is 0 Å². The molecule has 1 saturated heterocycles. The van der Waals surface area contributed by atoms with Crippen molar-refractivity contribution in [3.05, 3.63) is 17.0 Å². The van der Waals surface area contributed by atoms with Crippen LogP contribution in [0.5, 0.6) is 0 Å². The molecule has 3 N–H and O–H groups in total. The maximum atomic E-state index is 11.4. The summed E-state index contributed by atoms with van der Waals surface area (Å²) in [5.74, 6) is 0.356. The van der Waals surface area contributed by atoms with Crippen molar-refractivity contribution in [1.29, 1.82) is 0 Å². The minimum absolute atomic E-state index is 0. The first-order chi connectivity index (χ1) is 9.45. The van der Waals surface area contributed by atoms with Gasteiger partial charge in [-0.3, -0.25) is 0 Å². The van der Waals surface area contributed by atoms with E-state index in [0.717, 1.165) is 24.3 Å². The van der Waals surface area contributed by atoms with E-state index in [4.69, 9.17) is 10.5 Å². The molecule has 0 spiro atoms. The largest absolute Gasteiger partial charge is 0.376 e. The SMILES string of the molecule is CS(=O)(=O)c1ccc(CN=C(N)NCC2CCCO2)s1.I. The van der Waals surface area contributed by atoms with Crippen LogP contribution < -0.4 is 11.1 Å². The van der Waals surface area contributed by atoms with Crippen molar-refractivity contribution in [2.45, 2.75) is 29.7 Å². The number of nitrogens with zero attached hydrogens (tertiary/aromatic N) is 1. The molecule has 1 aromatic rings. The van der Waals surface area contributed by atoms with Crippen LogP contribution in [0.3, 0.4) is 0 Å². The summed E-state index contributed by atoms with van der Waals surface area (Å²) in [4.78, 5) is 5.06. The maximum Gasteiger partial charge on any atom is 0.189 e. The van der Waals surface area contributed by atoms with Crippen LogP contribution in [-0.4, -0.2) is 39.9 Å². The highest BCUT2D eigenvalue weighted by atomic mass is 127. The van der Waals surface area contributed by atoms with Crippen molar-refractivity contribution in [3.63, 3.8) is 0 Å². The molecule has 1 atom stereocenters. The van der Waals surface area contributed by atoms with E-state index in [-0.39, 0.29) is 30.1 Å². The number of hydrogen-bond acceptors (Lipinski definition) is 5. The van der Waals surface area contributed by atoms with Gasteiger partial charge >= 0.3 is 0 Å². The van der Waals surface area contributed by atoms with Crippen LogP contribution in [0.1, 0.15) is 17.7 Å². The zero-order chi connectivity index (χ0) is 14.6. The van der Waals surface area contributed by atoms with Crippen molar-refractivity contribution in [2.24, 2.45) is 10.7 Å². The molecule has 120 valence electrons. The van der Waals surface area contributed by atoms with Crippen LogP contribution in [0.4, 0.5) is 0 Å². The predicted molar refractivity (Wildman–Crippen MR) is 95.1 cm³/mol. The zero-order valence-corrected chi connectivity index (χ0v) is 15.7. The Morgan fingerprint density at radius 3 is 2.90 bits per heavy atom. The molecule has 0 aromatic carbocycles. The van der Waals surface area contributed by atoms with Crippen LogP contribution in [0.15, 0.2) is 21.3 Å². The molecule has 21 heavy (non-hydrogen) atoms. The average Bonchev–Trinajstić information content (AvgIpc) is 3.04. The highest BCUT2D eigenvalue weighted by Gasteiger charge is 2.15. The highest BCUT2D eigenvalue weighted by Crippen LogP contribution is 2.21. The Bertz CT molecular complexity index is 580. The van der Waals surface area contributed by atoms with Gasteiger partial charge in [-0.25, -0.2) is 13.4 Å². The Kier molecular flexibility index (Phi) is 7.37. The molecule has 0 aliphatic carbocycles. The van der Waals surface area contributed by atoms with Gasteiger partial charge in [0.1, 0.15) is 4.21 Å². The zero-order valence-electron chi connectivity index (χ0n) is 11.7. The minimum Gasteiger partial charge on any atom is -0.376 e. The lowest BCUT2D eigenvalue weighted by Crippen LogP contribution is -2.37. The molecule has 2 rings (SSSR count). The maximum absolute atomic E-state index is 11.4. The fraction of sp³-hybridized carbons (Fsp3) is 0.583. The van der Waals surface area contributed by atoms with Crippen LogP contribution in [0.25, 0.3) is 0 Å². The Hall–Kier alpha value is -0.390. The average molecular weight is 445 g/mol. The topological polar surface area (TPSA) is 93.8 Å². The minimum atomic E-state index is -3.14. The summed E-state index contributed by atoms with van der Waals surface area (Å²) < 4.78 is 28.5. The van der Waals surface area contributed by atoms with Gasteiger partial charge in [0.25, 0.3) is 0 Å². The summed E-state index contributed by atoms with van der Waals surface area (Å²) in [5.41, 5.74) is 5.76. The van der Waals surface area contributed by atoms with Gasteiger partial charge in [0.15, 0.2) is 15.8 Å². The first-order valence-electron chi connectivity index (χ1n) is 6.39. The van der Waals surface area contributed by atoms with Crippen molar-refractivity contribution >= 4 is 51.1 Å². The number of nitrogens with two attached hydrogens (primary N) is 1. The second-order valence-electron chi connectivity index (χ2n) is 4.71. The molecule has 6 nitrogen and oxygen atoms in total. The molecular weight excluding hydrogens is 425 g/mol. The highest BCUT2D eigenvalue weighted by molar-refractivity contribution is 14.0. The van der Waals surface area contributed by atoms with Crippen LogP contribution >= 0.6 is 35.3 Å². The fourth-order valence-electron chi connectivity index (χ4n) is 1.89. The summed E-state index contributed by atoms with van der Waals surface area (Å²) >= 11 is 1.22. The Balaban J connectivity index is 0.00000220. The first-order valence-corrected chi connectivity index (χ1v) is 9.10. The fourth-order valence-corrected chi connectivity index (χ4v) is 3.79. The van der Waals surface area contributed by atoms with Crippen molar-refractivity contribution in [3.8, 4) is 0 Å². The standard InChI is InChI=1S/C12H19N3O3S2.HI/c1-20(16,17)11-5-4-10(19-11)8-15-12(13)14-7-9-3-2-6-18-9;/h4-5,9H,2-3,6-8H2,1H3,(H3,13,14,15);1H. The molecule has 1 aliphatic rings. The predicted octanol–water partition coefficient (Wildman–Crippen LogP) is 1.35. The Morgan fingerprint density at radius 2 is 2.33 bits per heavy atom. The lowest BCUT2D eigenvalue weighted by atomic mass is 10.2. The number of aliphatic imine (C=N–C) groups is 1. The number of rotatable bonds is 5. The normalized spacial score (nSPS) is 19.3. The molecule has 9 heteroatoms. The molecule has 0 radical (unpaired) electrons. The first kappa shape index (κ1) is 18.7. The van der Waals surface area contributed by atoms with E-state index >= 15 is 0 Å². The van der Waals surface area contributed by atoms with Crippen LogP contribution in [-0.2, 0) is 21.1 Å². The third-order valence-corrected chi connectivity index (χ3v) is 5.83. The summed E-state index contributed by atoms with van der Waals surface area (Å²) in [6, 6.07) is 3.36. The van der Waals surface area contributed by atoms with E-state index in [1.54, 1.807) is 12.1 Å². The van der Waals surface area contributed by atoms with Crippen molar-refractivity contribution in [1.82, 2.24) is 5.32 Å². The molecule has 0 bridgehead atoms. The second kappa shape index (κ2) is 8.30. The van der Waals surface area contributed by atoms with E-state index < -0.39 is 9.84 Å². The molecule has 1 unspecified atom stereocenters. The molecule has 1 aliphatic heterocycles. The lowest BCUT2D eigenvalue weighted by molar-refractivity contribution is 0.114. The van der Waals surface area contributed by atoms with Gasteiger partial charge < -0.3 is 15.8 Å². The Morgan fingerprint density at radius 1 is 1.57 bits per heavy atom. The summed E-state index contributed by atoms with van der Waals surface area (Å²) in [5, 5.41) is 3.02. The summed E-state index contributed by atoms with van der Waals surface area (Å²) in [7, 11) is -3.14. The van der Waals surface area contributed by atoms with Gasteiger partial charge in [-0.15, -0.1) is 35.3 Å². The number of hydrogen-bond donors (Lipinski definition) is 2. The van der Waals surface area contributed by atoms with Gasteiger partial charge in [0, 0.05) is 24.3 Å². The van der Waals surface area contributed by atoms with Crippen molar-refractivity contribution in [2.75, 3.05) is 19.4 Å². The number of nitrogens with one attached hydrogen (secondary N) is 1. The smallest absolute Gasteiger partial charge is 0.189 e. The number of sulfone groups is 1. The quantitative estimate of drug-likeness (QED) is 0.406. The van der Waals surface area contributed by atoms with E-state index in [2.05, 4.69) is 10.3 Å². The number of halogens is 1. The third kappa shape index (κ3) is 6.09. The van der Waals surface area contributed by atoms with Gasteiger partial charge in [-0.05, 0) is 25.0 Å². The monoisotopic (exact) mass is 445 g/mol. The van der Waals surface area contributed by atoms with Crippen molar-refractivity contribution < 1.29 is 13.2 Å². The number of ether oxygens (including phenoxy) is 1. The van der Waals surface area contributed by atoms with Crippen LogP contribution in [0.2, 0.25) is 0 Å². The molecule has 2 heterocycles. The Labute approximate surface area is 146 Å². The van der Waals surface area contributed by atoms with Crippen LogP contribution in [0, 0.1) is 0 Å². The van der Waals surface area contributed by atoms with E-state index in [1.165, 1.54) is 17.6 Å². The molecule has 0 amide bonds. The molecule has 1 fully saturated rings.